The van der Waals surface area contributed by atoms with Gasteiger partial charge in [-0.05, 0) is 0 Å². The number of aryl methyl sites for hydroxylation is 4. The third-order valence-corrected chi connectivity index (χ3v) is 3.47. The van der Waals surface area contributed by atoms with Crippen molar-refractivity contribution in [3.63, 3.8) is 0 Å². The fourth-order valence-electron chi connectivity index (χ4n) is 2.17. The van der Waals surface area contributed by atoms with Crippen molar-refractivity contribution in [1.82, 2.24) is 0 Å². The number of hydrogen-bond donors (Lipinski definition) is 0. The van der Waals surface area contributed by atoms with Gasteiger partial charge in [-0.3, -0.25) is 0 Å². The first kappa shape index (κ1) is 18.2. The minimum absolute atomic E-state index is 0. The maximum atomic E-state index is 2.28. The van der Waals surface area contributed by atoms with Gasteiger partial charge in [0.15, 0.2) is 0 Å². The third-order valence-electron chi connectivity index (χ3n) is 3.47. The van der Waals surface area contributed by atoms with Crippen LogP contribution in [-0.2, 0) is 42.8 Å². The molecule has 0 aliphatic heterocycles. The van der Waals surface area contributed by atoms with Crippen molar-refractivity contribution in [2.45, 2.75) is 53.4 Å². The average Bonchev–Trinajstić information content (AvgIpc) is 3.07. The Morgan fingerprint density at radius 2 is 1.53 bits per heavy atom. The van der Waals surface area contributed by atoms with Crippen LogP contribution in [0.25, 0.3) is 0 Å². The molecule has 0 aromatic heterocycles. The molecule has 0 unspecified atom stereocenters. The Hall–Kier alpha value is -0.781. The van der Waals surface area contributed by atoms with Gasteiger partial charge in [-0.25, -0.2) is 18.9 Å². The van der Waals surface area contributed by atoms with E-state index in [1.54, 1.807) is 0 Å². The second kappa shape index (κ2) is 10.1. The zero-order chi connectivity index (χ0) is 13.4. The Bertz CT molecular complexity index is 397. The van der Waals surface area contributed by atoms with E-state index in [0.29, 0.717) is 0 Å². The van der Waals surface area contributed by atoms with Gasteiger partial charge in [-0.1, -0.05) is 40.5 Å². The average molecular weight is 298 g/mol. The second-order valence-corrected chi connectivity index (χ2v) is 4.62. The Morgan fingerprint density at radius 3 is 1.84 bits per heavy atom. The summed E-state index contributed by atoms with van der Waals surface area (Å²) < 4.78 is 0. The summed E-state index contributed by atoms with van der Waals surface area (Å²) in [6.07, 6.45) is 4.69. The molecule has 0 aliphatic rings. The summed E-state index contributed by atoms with van der Waals surface area (Å²) in [5.41, 5.74) is 5.95. The Balaban J connectivity index is 0.000000324. The molecule has 0 nitrogen and oxygen atoms in total. The van der Waals surface area contributed by atoms with Gasteiger partial charge in [0.2, 0.25) is 0 Å². The summed E-state index contributed by atoms with van der Waals surface area (Å²) in [7, 11) is 0. The molecule has 112 valence electrons. The van der Waals surface area contributed by atoms with Gasteiger partial charge in [0.1, 0.15) is 0 Å². The number of rotatable bonds is 4. The van der Waals surface area contributed by atoms with Gasteiger partial charge in [-0.15, -0.1) is 0 Å². The molecule has 1 heteroatoms. The zero-order valence-electron chi connectivity index (χ0n) is 12.6. The van der Waals surface area contributed by atoms with E-state index in [9.17, 15) is 0 Å². The van der Waals surface area contributed by atoms with Crippen molar-refractivity contribution < 1.29 is 17.1 Å². The van der Waals surface area contributed by atoms with E-state index in [4.69, 9.17) is 0 Å². The van der Waals surface area contributed by atoms with Gasteiger partial charge in [-0.2, -0.15) is 23.3 Å². The summed E-state index contributed by atoms with van der Waals surface area (Å²) >= 11 is 0. The minimum atomic E-state index is 0. The van der Waals surface area contributed by atoms with Crippen LogP contribution >= 0.6 is 0 Å². The normalized spacial score (nSPS) is 9.47. The molecular weight excluding hydrogens is 272 g/mol. The molecule has 0 N–H and O–H groups in total. The van der Waals surface area contributed by atoms with Gasteiger partial charge in [0.05, 0.1) is 0 Å². The van der Waals surface area contributed by atoms with E-state index < -0.39 is 0 Å². The first-order valence-corrected chi connectivity index (χ1v) is 7.22. The molecule has 2 aromatic carbocycles. The number of hydrogen-bond acceptors (Lipinski definition) is 0. The first-order chi connectivity index (χ1) is 8.74. The summed E-state index contributed by atoms with van der Waals surface area (Å²) in [4.78, 5) is 0. The Kier molecular flexibility index (Phi) is 9.65. The fraction of sp³-hybridized carbons (Fsp3) is 0.444. The summed E-state index contributed by atoms with van der Waals surface area (Å²) in [5, 5.41) is 0. The molecular formula is C18H26Fe-6. The van der Waals surface area contributed by atoms with Crippen molar-refractivity contribution in [2.24, 2.45) is 0 Å². The van der Waals surface area contributed by atoms with Crippen LogP contribution in [0.2, 0.25) is 0 Å². The Morgan fingerprint density at radius 1 is 0.947 bits per heavy atom. The first-order valence-electron chi connectivity index (χ1n) is 7.22. The largest absolute Gasteiger partial charge is 0.747 e. The topological polar surface area (TPSA) is 0 Å². The summed E-state index contributed by atoms with van der Waals surface area (Å²) in [6, 6.07) is 13.2. The monoisotopic (exact) mass is 298 g/mol. The van der Waals surface area contributed by atoms with Crippen molar-refractivity contribution in [1.29, 1.82) is 0 Å². The molecule has 0 saturated heterocycles. The fourth-order valence-corrected chi connectivity index (χ4v) is 2.17. The molecule has 0 radical (unpaired) electrons. The summed E-state index contributed by atoms with van der Waals surface area (Å²) in [6.45, 7) is 8.78. The van der Waals surface area contributed by atoms with Crippen LogP contribution < -0.4 is 0 Å². The van der Waals surface area contributed by atoms with Crippen molar-refractivity contribution in [3.8, 4) is 0 Å². The van der Waals surface area contributed by atoms with E-state index in [-0.39, 0.29) is 17.1 Å². The van der Waals surface area contributed by atoms with E-state index in [0.717, 1.165) is 0 Å². The maximum absolute atomic E-state index is 2.28. The van der Waals surface area contributed by atoms with Gasteiger partial charge < -0.3 is 29.3 Å². The van der Waals surface area contributed by atoms with Gasteiger partial charge in [0, 0.05) is 17.1 Å². The standard InChI is InChI=1S/2C9H13.Fe/c1-3-8-5-6-9(4-2)7-8;1-3-8-6-5-7-9(8)4-2;/h2*5-7H,3-4H2,1-2H3;/q-1;-5;. The molecule has 2 aromatic rings. The Labute approximate surface area is 129 Å². The molecule has 0 spiro atoms. The maximum Gasteiger partial charge on any atom is 0 e. The molecule has 19 heavy (non-hydrogen) atoms. The predicted molar refractivity (Wildman–Crippen MR) is 81.6 cm³/mol. The van der Waals surface area contributed by atoms with Crippen molar-refractivity contribution in [3.05, 3.63) is 58.7 Å². The third kappa shape index (κ3) is 5.80. The quantitative estimate of drug-likeness (QED) is 0.547. The molecule has 0 bridgehead atoms. The van der Waals surface area contributed by atoms with Crippen molar-refractivity contribution in [2.75, 3.05) is 0 Å². The summed E-state index contributed by atoms with van der Waals surface area (Å²) in [5.74, 6) is 0. The van der Waals surface area contributed by atoms with Crippen LogP contribution in [0.5, 0.6) is 0 Å². The SMILES string of the molecule is CC[c-]1[cH-][cH-][cH-][c-]1CC.CCc1cc[c-](CC)c1.[Fe]. The second-order valence-electron chi connectivity index (χ2n) is 4.62. The molecule has 0 amide bonds. The molecule has 0 fully saturated rings. The van der Waals surface area contributed by atoms with Crippen LogP contribution in [0.3, 0.4) is 0 Å². The van der Waals surface area contributed by atoms with Gasteiger partial charge >= 0.3 is 0 Å². The van der Waals surface area contributed by atoms with E-state index in [1.807, 2.05) is 0 Å². The predicted octanol–water partition coefficient (Wildman–Crippen LogP) is 5.06. The van der Waals surface area contributed by atoms with Crippen LogP contribution in [0.1, 0.15) is 49.9 Å². The van der Waals surface area contributed by atoms with E-state index in [1.165, 1.54) is 47.9 Å². The van der Waals surface area contributed by atoms with Crippen LogP contribution in [-0.4, -0.2) is 0 Å². The van der Waals surface area contributed by atoms with Crippen LogP contribution in [0, 0.1) is 0 Å². The van der Waals surface area contributed by atoms with E-state index in [2.05, 4.69) is 64.1 Å². The molecule has 0 heterocycles. The van der Waals surface area contributed by atoms with E-state index >= 15 is 0 Å². The van der Waals surface area contributed by atoms with Crippen LogP contribution in [0.15, 0.2) is 36.4 Å². The molecule has 2 rings (SSSR count). The van der Waals surface area contributed by atoms with Crippen molar-refractivity contribution >= 4 is 0 Å². The minimum Gasteiger partial charge on any atom is -0.747 e. The van der Waals surface area contributed by atoms with Crippen LogP contribution in [0.4, 0.5) is 0 Å². The van der Waals surface area contributed by atoms with Gasteiger partial charge in [0.25, 0.3) is 0 Å². The zero-order valence-corrected chi connectivity index (χ0v) is 13.8. The molecule has 0 saturated carbocycles. The molecule has 0 atom stereocenters. The smallest absolute Gasteiger partial charge is 0 e. The molecule has 0 aliphatic carbocycles.